The van der Waals surface area contributed by atoms with Crippen LogP contribution in [0.1, 0.15) is 19.8 Å². The lowest BCUT2D eigenvalue weighted by Gasteiger charge is -2.32. The summed E-state index contributed by atoms with van der Waals surface area (Å²) >= 11 is 5.67. The Balaban J connectivity index is 2.11. The van der Waals surface area contributed by atoms with Crippen LogP contribution in [0.5, 0.6) is 0 Å². The summed E-state index contributed by atoms with van der Waals surface area (Å²) in [4.78, 5) is 12.2. The van der Waals surface area contributed by atoms with Gasteiger partial charge in [0.2, 0.25) is 5.91 Å². The first kappa shape index (κ1) is 13.3. The van der Waals surface area contributed by atoms with Gasteiger partial charge >= 0.3 is 0 Å². The van der Waals surface area contributed by atoms with Gasteiger partial charge in [0.1, 0.15) is 5.82 Å². The molecule has 1 aliphatic rings. The summed E-state index contributed by atoms with van der Waals surface area (Å²) in [6, 6.07) is 4.23. The molecule has 1 unspecified atom stereocenters. The summed E-state index contributed by atoms with van der Waals surface area (Å²) in [7, 11) is 0. The third-order valence-electron chi connectivity index (χ3n) is 3.32. The Morgan fingerprint density at radius 1 is 1.56 bits per heavy atom. The zero-order valence-electron chi connectivity index (χ0n) is 10.2. The van der Waals surface area contributed by atoms with Crippen molar-refractivity contribution in [2.45, 2.75) is 19.8 Å². The van der Waals surface area contributed by atoms with Gasteiger partial charge in [-0.05, 0) is 44.5 Å². The molecule has 1 aromatic carbocycles. The third-order valence-corrected chi connectivity index (χ3v) is 3.56. The molecule has 2 rings (SSSR count). The Morgan fingerprint density at radius 2 is 2.33 bits per heavy atom. The maximum absolute atomic E-state index is 13.6. The summed E-state index contributed by atoms with van der Waals surface area (Å²) < 4.78 is 13.6. The number of benzene rings is 1. The number of anilines is 1. The van der Waals surface area contributed by atoms with Crippen LogP contribution in [-0.2, 0) is 4.79 Å². The van der Waals surface area contributed by atoms with Crippen molar-refractivity contribution < 1.29 is 9.18 Å². The van der Waals surface area contributed by atoms with Gasteiger partial charge in [0.25, 0.3) is 0 Å². The van der Waals surface area contributed by atoms with E-state index < -0.39 is 11.2 Å². The molecule has 2 N–H and O–H groups in total. The number of rotatable bonds is 2. The van der Waals surface area contributed by atoms with Gasteiger partial charge in [-0.15, -0.1) is 0 Å². The van der Waals surface area contributed by atoms with Crippen LogP contribution in [0, 0.1) is 11.2 Å². The SMILES string of the molecule is CC1(C(=O)Nc2ccc(Cl)cc2F)CCCNC1. The molecule has 1 fully saturated rings. The van der Waals surface area contributed by atoms with Crippen molar-refractivity contribution in [2.75, 3.05) is 18.4 Å². The fourth-order valence-electron chi connectivity index (χ4n) is 2.11. The molecule has 18 heavy (non-hydrogen) atoms. The molecule has 1 heterocycles. The Labute approximate surface area is 111 Å². The molecular weight excluding hydrogens is 255 g/mol. The van der Waals surface area contributed by atoms with Gasteiger partial charge < -0.3 is 10.6 Å². The standard InChI is InChI=1S/C13H16ClFN2O/c1-13(5-2-6-16-8-13)12(18)17-11-4-3-9(14)7-10(11)15/h3-4,7,16H,2,5-6,8H2,1H3,(H,17,18). The van der Waals surface area contributed by atoms with Gasteiger partial charge in [-0.3, -0.25) is 4.79 Å². The maximum atomic E-state index is 13.6. The van der Waals surface area contributed by atoms with E-state index in [2.05, 4.69) is 10.6 Å². The highest BCUT2D eigenvalue weighted by Gasteiger charge is 2.34. The predicted molar refractivity (Wildman–Crippen MR) is 70.3 cm³/mol. The average Bonchev–Trinajstić information content (AvgIpc) is 2.33. The number of hydrogen-bond donors (Lipinski definition) is 2. The number of halogens is 2. The lowest BCUT2D eigenvalue weighted by molar-refractivity contribution is -0.125. The van der Waals surface area contributed by atoms with Gasteiger partial charge in [-0.25, -0.2) is 4.39 Å². The Morgan fingerprint density at radius 3 is 2.94 bits per heavy atom. The molecular formula is C13H16ClFN2O. The van der Waals surface area contributed by atoms with Crippen LogP contribution in [0.4, 0.5) is 10.1 Å². The minimum absolute atomic E-state index is 0.157. The van der Waals surface area contributed by atoms with E-state index in [4.69, 9.17) is 11.6 Å². The zero-order valence-corrected chi connectivity index (χ0v) is 11.0. The van der Waals surface area contributed by atoms with E-state index in [0.717, 1.165) is 19.4 Å². The van der Waals surface area contributed by atoms with Crippen LogP contribution in [0.2, 0.25) is 5.02 Å². The van der Waals surface area contributed by atoms with E-state index in [9.17, 15) is 9.18 Å². The van der Waals surface area contributed by atoms with Crippen molar-refractivity contribution in [1.82, 2.24) is 5.32 Å². The summed E-state index contributed by atoms with van der Waals surface area (Å²) in [6.45, 7) is 3.44. The molecule has 0 aliphatic carbocycles. The van der Waals surface area contributed by atoms with Crippen molar-refractivity contribution in [3.8, 4) is 0 Å². The maximum Gasteiger partial charge on any atom is 0.231 e. The molecule has 1 saturated heterocycles. The van der Waals surface area contributed by atoms with Crippen LogP contribution in [0.3, 0.4) is 0 Å². The Kier molecular flexibility index (Phi) is 3.88. The lowest BCUT2D eigenvalue weighted by Crippen LogP contribution is -2.46. The Bertz CT molecular complexity index is 458. The van der Waals surface area contributed by atoms with Gasteiger partial charge in [-0.1, -0.05) is 11.6 Å². The van der Waals surface area contributed by atoms with Crippen molar-refractivity contribution in [1.29, 1.82) is 0 Å². The third kappa shape index (κ3) is 2.82. The van der Waals surface area contributed by atoms with Gasteiger partial charge in [0.05, 0.1) is 11.1 Å². The second kappa shape index (κ2) is 5.24. The van der Waals surface area contributed by atoms with Crippen LogP contribution in [0.25, 0.3) is 0 Å². The quantitative estimate of drug-likeness (QED) is 0.868. The Hall–Kier alpha value is -1.13. The normalized spacial score (nSPS) is 23.7. The molecule has 0 spiro atoms. The fraction of sp³-hybridized carbons (Fsp3) is 0.462. The van der Waals surface area contributed by atoms with Crippen LogP contribution in [-0.4, -0.2) is 19.0 Å². The molecule has 0 bridgehead atoms. The van der Waals surface area contributed by atoms with Crippen molar-refractivity contribution in [3.05, 3.63) is 29.0 Å². The number of piperidine rings is 1. The van der Waals surface area contributed by atoms with Crippen molar-refractivity contribution in [2.24, 2.45) is 5.41 Å². The molecule has 0 aromatic heterocycles. The van der Waals surface area contributed by atoms with E-state index in [1.165, 1.54) is 12.1 Å². The smallest absolute Gasteiger partial charge is 0.231 e. The van der Waals surface area contributed by atoms with Gasteiger partial charge in [0, 0.05) is 11.6 Å². The number of nitrogens with one attached hydrogen (secondary N) is 2. The molecule has 3 nitrogen and oxygen atoms in total. The van der Waals surface area contributed by atoms with Crippen LogP contribution < -0.4 is 10.6 Å². The summed E-state index contributed by atoms with van der Waals surface area (Å²) in [6.07, 6.45) is 1.76. The molecule has 5 heteroatoms. The fourth-order valence-corrected chi connectivity index (χ4v) is 2.27. The summed E-state index contributed by atoms with van der Waals surface area (Å²) in [5.41, 5.74) is -0.305. The first-order valence-corrected chi connectivity index (χ1v) is 6.36. The van der Waals surface area contributed by atoms with Crippen molar-refractivity contribution >= 4 is 23.2 Å². The minimum Gasteiger partial charge on any atom is -0.323 e. The highest BCUT2D eigenvalue weighted by molar-refractivity contribution is 6.30. The molecule has 1 aromatic rings. The monoisotopic (exact) mass is 270 g/mol. The summed E-state index contributed by atoms with van der Waals surface area (Å²) in [5, 5.41) is 6.14. The van der Waals surface area contributed by atoms with E-state index in [0.29, 0.717) is 11.6 Å². The highest BCUT2D eigenvalue weighted by atomic mass is 35.5. The van der Waals surface area contributed by atoms with E-state index in [-0.39, 0.29) is 11.6 Å². The van der Waals surface area contributed by atoms with E-state index in [1.54, 1.807) is 6.07 Å². The van der Waals surface area contributed by atoms with Crippen LogP contribution >= 0.6 is 11.6 Å². The molecule has 0 radical (unpaired) electrons. The lowest BCUT2D eigenvalue weighted by atomic mass is 9.82. The van der Waals surface area contributed by atoms with E-state index >= 15 is 0 Å². The second-order valence-electron chi connectivity index (χ2n) is 4.92. The topological polar surface area (TPSA) is 41.1 Å². The zero-order chi connectivity index (χ0) is 13.2. The van der Waals surface area contributed by atoms with Gasteiger partial charge in [0.15, 0.2) is 0 Å². The van der Waals surface area contributed by atoms with Crippen LogP contribution in [0.15, 0.2) is 18.2 Å². The molecule has 1 amide bonds. The molecule has 1 atom stereocenters. The van der Waals surface area contributed by atoms with E-state index in [1.807, 2.05) is 6.92 Å². The summed E-state index contributed by atoms with van der Waals surface area (Å²) in [5.74, 6) is -0.667. The highest BCUT2D eigenvalue weighted by Crippen LogP contribution is 2.28. The number of carbonyl (C=O) groups excluding carboxylic acids is 1. The number of amides is 1. The first-order chi connectivity index (χ1) is 8.51. The molecule has 1 aliphatic heterocycles. The number of carbonyl (C=O) groups is 1. The first-order valence-electron chi connectivity index (χ1n) is 5.98. The second-order valence-corrected chi connectivity index (χ2v) is 5.36. The minimum atomic E-state index is -0.511. The average molecular weight is 271 g/mol. The number of hydrogen-bond acceptors (Lipinski definition) is 2. The molecule has 0 saturated carbocycles. The van der Waals surface area contributed by atoms with Gasteiger partial charge in [-0.2, -0.15) is 0 Å². The largest absolute Gasteiger partial charge is 0.323 e. The predicted octanol–water partition coefficient (Wildman–Crippen LogP) is 2.81. The molecule has 98 valence electrons. The van der Waals surface area contributed by atoms with Crippen molar-refractivity contribution in [3.63, 3.8) is 0 Å².